The quantitative estimate of drug-likeness (QED) is 0.841. The SMILES string of the molecule is CCOc1c(Cl)cc(CNc2ccc(C)cc2)cc1OC. The first-order valence-electron chi connectivity index (χ1n) is 6.93. The molecule has 0 fully saturated rings. The van der Waals surface area contributed by atoms with E-state index in [2.05, 4.69) is 36.5 Å². The summed E-state index contributed by atoms with van der Waals surface area (Å²) in [5.41, 5.74) is 3.36. The second-order valence-electron chi connectivity index (χ2n) is 4.76. The van der Waals surface area contributed by atoms with Crippen LogP contribution in [0.25, 0.3) is 0 Å². The van der Waals surface area contributed by atoms with Crippen LogP contribution < -0.4 is 14.8 Å². The van der Waals surface area contributed by atoms with E-state index in [0.29, 0.717) is 29.7 Å². The van der Waals surface area contributed by atoms with E-state index in [9.17, 15) is 0 Å². The molecule has 0 radical (unpaired) electrons. The Morgan fingerprint density at radius 2 is 1.86 bits per heavy atom. The predicted octanol–water partition coefficient (Wildman–Crippen LogP) is 4.67. The Labute approximate surface area is 130 Å². The van der Waals surface area contributed by atoms with Crippen LogP contribution in [0.2, 0.25) is 5.02 Å². The highest BCUT2D eigenvalue weighted by Gasteiger charge is 2.11. The average Bonchev–Trinajstić information content (AvgIpc) is 2.49. The van der Waals surface area contributed by atoms with Crippen molar-refractivity contribution in [1.29, 1.82) is 0 Å². The predicted molar refractivity (Wildman–Crippen MR) is 87.7 cm³/mol. The highest BCUT2D eigenvalue weighted by Crippen LogP contribution is 2.36. The Kier molecular flexibility index (Phi) is 5.34. The lowest BCUT2D eigenvalue weighted by atomic mass is 10.2. The first-order chi connectivity index (χ1) is 10.1. The summed E-state index contributed by atoms with van der Waals surface area (Å²) < 4.78 is 10.9. The van der Waals surface area contributed by atoms with E-state index < -0.39 is 0 Å². The van der Waals surface area contributed by atoms with Crippen LogP contribution in [0.15, 0.2) is 36.4 Å². The molecule has 3 nitrogen and oxygen atoms in total. The molecule has 0 aliphatic rings. The molecule has 112 valence electrons. The number of aryl methyl sites for hydroxylation is 1. The van der Waals surface area contributed by atoms with E-state index >= 15 is 0 Å². The summed E-state index contributed by atoms with van der Waals surface area (Å²) in [6, 6.07) is 12.1. The first-order valence-corrected chi connectivity index (χ1v) is 7.31. The van der Waals surface area contributed by atoms with Gasteiger partial charge in [0.05, 0.1) is 18.7 Å². The van der Waals surface area contributed by atoms with Gasteiger partial charge in [0.2, 0.25) is 0 Å². The van der Waals surface area contributed by atoms with Gasteiger partial charge in [-0.2, -0.15) is 0 Å². The number of nitrogens with one attached hydrogen (secondary N) is 1. The summed E-state index contributed by atoms with van der Waals surface area (Å²) in [5, 5.41) is 3.93. The minimum atomic E-state index is 0.553. The molecule has 0 heterocycles. The maximum Gasteiger partial charge on any atom is 0.179 e. The minimum Gasteiger partial charge on any atom is -0.493 e. The molecule has 4 heteroatoms. The third-order valence-corrected chi connectivity index (χ3v) is 3.41. The average molecular weight is 306 g/mol. The van der Waals surface area contributed by atoms with Gasteiger partial charge in [0.15, 0.2) is 11.5 Å². The molecule has 0 aliphatic heterocycles. The normalized spacial score (nSPS) is 10.3. The molecule has 0 aliphatic carbocycles. The Bertz CT molecular complexity index is 596. The van der Waals surface area contributed by atoms with E-state index in [0.717, 1.165) is 11.3 Å². The van der Waals surface area contributed by atoms with Crippen molar-refractivity contribution in [2.24, 2.45) is 0 Å². The van der Waals surface area contributed by atoms with Crippen LogP contribution in [0.5, 0.6) is 11.5 Å². The van der Waals surface area contributed by atoms with E-state index in [4.69, 9.17) is 21.1 Å². The van der Waals surface area contributed by atoms with E-state index in [1.165, 1.54) is 5.56 Å². The van der Waals surface area contributed by atoms with Crippen LogP contribution in [-0.4, -0.2) is 13.7 Å². The summed E-state index contributed by atoms with van der Waals surface area (Å²) in [5.74, 6) is 1.26. The van der Waals surface area contributed by atoms with E-state index in [1.807, 2.05) is 19.1 Å². The summed E-state index contributed by atoms with van der Waals surface area (Å²) in [6.45, 7) is 5.21. The molecular formula is C17H20ClNO2. The molecule has 2 rings (SSSR count). The fourth-order valence-corrected chi connectivity index (χ4v) is 2.32. The third kappa shape index (κ3) is 4.05. The molecule has 0 unspecified atom stereocenters. The first kappa shape index (κ1) is 15.5. The van der Waals surface area contributed by atoms with Gasteiger partial charge in [0, 0.05) is 12.2 Å². The smallest absolute Gasteiger partial charge is 0.179 e. The maximum atomic E-state index is 6.26. The van der Waals surface area contributed by atoms with Crippen LogP contribution in [0.3, 0.4) is 0 Å². The van der Waals surface area contributed by atoms with Gasteiger partial charge >= 0.3 is 0 Å². The molecule has 0 saturated carbocycles. The number of ether oxygens (including phenoxy) is 2. The fraction of sp³-hybridized carbons (Fsp3) is 0.294. The molecular weight excluding hydrogens is 286 g/mol. The summed E-state index contributed by atoms with van der Waals surface area (Å²) in [7, 11) is 1.62. The van der Waals surface area contributed by atoms with Crippen molar-refractivity contribution < 1.29 is 9.47 Å². The van der Waals surface area contributed by atoms with Gasteiger partial charge in [-0.15, -0.1) is 0 Å². The van der Waals surface area contributed by atoms with Gasteiger partial charge in [-0.1, -0.05) is 29.3 Å². The number of anilines is 1. The topological polar surface area (TPSA) is 30.5 Å². The Morgan fingerprint density at radius 3 is 2.48 bits per heavy atom. The van der Waals surface area contributed by atoms with Crippen molar-refractivity contribution in [3.05, 3.63) is 52.5 Å². The minimum absolute atomic E-state index is 0.553. The van der Waals surface area contributed by atoms with Gasteiger partial charge in [0.1, 0.15) is 0 Å². The molecule has 1 N–H and O–H groups in total. The van der Waals surface area contributed by atoms with Gasteiger partial charge < -0.3 is 14.8 Å². The van der Waals surface area contributed by atoms with Crippen LogP contribution in [0, 0.1) is 6.92 Å². The highest BCUT2D eigenvalue weighted by atomic mass is 35.5. The summed E-state index contributed by atoms with van der Waals surface area (Å²) >= 11 is 6.26. The van der Waals surface area contributed by atoms with Crippen LogP contribution in [-0.2, 0) is 6.54 Å². The second kappa shape index (κ2) is 7.23. The fourth-order valence-electron chi connectivity index (χ4n) is 2.04. The standard InChI is InChI=1S/C17H20ClNO2/c1-4-21-17-15(18)9-13(10-16(17)20-3)11-19-14-7-5-12(2)6-8-14/h5-10,19H,4,11H2,1-3H3. The second-order valence-corrected chi connectivity index (χ2v) is 5.17. The van der Waals surface area contributed by atoms with E-state index in [-0.39, 0.29) is 0 Å². The van der Waals surface area contributed by atoms with Gasteiger partial charge in [-0.25, -0.2) is 0 Å². The van der Waals surface area contributed by atoms with Crippen molar-refractivity contribution in [3.63, 3.8) is 0 Å². The van der Waals surface area contributed by atoms with Crippen LogP contribution in [0.1, 0.15) is 18.1 Å². The van der Waals surface area contributed by atoms with Gasteiger partial charge in [0.25, 0.3) is 0 Å². The third-order valence-electron chi connectivity index (χ3n) is 3.13. The largest absolute Gasteiger partial charge is 0.493 e. The van der Waals surface area contributed by atoms with Crippen LogP contribution in [0.4, 0.5) is 5.69 Å². The van der Waals surface area contributed by atoms with Gasteiger partial charge in [-0.05, 0) is 43.7 Å². The monoisotopic (exact) mass is 305 g/mol. The number of benzene rings is 2. The summed E-state index contributed by atoms with van der Waals surface area (Å²) in [6.07, 6.45) is 0. The molecule has 0 atom stereocenters. The zero-order chi connectivity index (χ0) is 15.2. The van der Waals surface area contributed by atoms with Crippen molar-refractivity contribution in [3.8, 4) is 11.5 Å². The van der Waals surface area contributed by atoms with Gasteiger partial charge in [-0.3, -0.25) is 0 Å². The molecule has 2 aromatic carbocycles. The van der Waals surface area contributed by atoms with Crippen molar-refractivity contribution >= 4 is 17.3 Å². The zero-order valence-electron chi connectivity index (χ0n) is 12.6. The molecule has 21 heavy (non-hydrogen) atoms. The number of hydrogen-bond acceptors (Lipinski definition) is 3. The maximum absolute atomic E-state index is 6.26. The number of methoxy groups -OCH3 is 1. The van der Waals surface area contributed by atoms with Crippen molar-refractivity contribution in [2.45, 2.75) is 20.4 Å². The molecule has 0 amide bonds. The molecule has 0 aromatic heterocycles. The lowest BCUT2D eigenvalue weighted by Gasteiger charge is -2.14. The zero-order valence-corrected chi connectivity index (χ0v) is 13.3. The number of hydrogen-bond donors (Lipinski definition) is 1. The Balaban J connectivity index is 2.13. The lowest BCUT2D eigenvalue weighted by Crippen LogP contribution is -2.02. The highest BCUT2D eigenvalue weighted by molar-refractivity contribution is 6.32. The van der Waals surface area contributed by atoms with Crippen molar-refractivity contribution in [2.75, 3.05) is 19.0 Å². The van der Waals surface area contributed by atoms with E-state index in [1.54, 1.807) is 7.11 Å². The van der Waals surface area contributed by atoms with Crippen LogP contribution >= 0.6 is 11.6 Å². The molecule has 0 spiro atoms. The molecule has 0 saturated heterocycles. The molecule has 0 bridgehead atoms. The van der Waals surface area contributed by atoms with Crippen molar-refractivity contribution in [1.82, 2.24) is 0 Å². The molecule has 2 aromatic rings. The Hall–Kier alpha value is -1.87. The number of rotatable bonds is 6. The summed E-state index contributed by atoms with van der Waals surface area (Å²) in [4.78, 5) is 0. The Morgan fingerprint density at radius 1 is 1.14 bits per heavy atom. The lowest BCUT2D eigenvalue weighted by molar-refractivity contribution is 0.311. The number of halogens is 1.